The van der Waals surface area contributed by atoms with Gasteiger partial charge in [-0.05, 0) is 67.6 Å². The van der Waals surface area contributed by atoms with E-state index in [4.69, 9.17) is 16.3 Å². The standard InChI is InChI=1S/C52H66ClN9O6S/c1-31(33-12-14-34(15-13-33)43-32(2)56-30-69-43)57-46(66)40-25-37(63)29-62(40)47(67)44(50(3,4)5)58-42(64)11-10-20-60-21-23-61(24-22-60)41-19-17-36(28-55-41)45(65)59-48-51(6,7)49(52(48,8)9)68-38-18-16-35(27-54)39(53)26-38/h12-19,26,28,30-31,37,40,44,48-49,63H,10-11,20-25,29H2,1-9H3,(H,57,66)(H,58,64)(H,59,65)/t31-,37+,40?,44?,48?,49?/m0/s1. The molecule has 2 aliphatic heterocycles. The van der Waals surface area contributed by atoms with Gasteiger partial charge in [0.2, 0.25) is 17.7 Å². The molecule has 4 N–H and O–H groups in total. The van der Waals surface area contributed by atoms with Crippen molar-refractivity contribution in [3.8, 4) is 22.3 Å². The van der Waals surface area contributed by atoms with E-state index in [1.807, 2.05) is 70.5 Å². The van der Waals surface area contributed by atoms with Crippen molar-refractivity contribution in [2.75, 3.05) is 44.2 Å². The van der Waals surface area contributed by atoms with Crippen LogP contribution < -0.4 is 25.6 Å². The van der Waals surface area contributed by atoms with E-state index in [0.29, 0.717) is 34.9 Å². The van der Waals surface area contributed by atoms with Crippen LogP contribution in [0.15, 0.2) is 66.3 Å². The molecule has 2 aromatic heterocycles. The zero-order valence-electron chi connectivity index (χ0n) is 41.1. The molecule has 4 atom stereocenters. The van der Waals surface area contributed by atoms with Crippen molar-refractivity contribution in [3.63, 3.8) is 0 Å². The smallest absolute Gasteiger partial charge is 0.253 e. The molecule has 1 saturated carbocycles. The van der Waals surface area contributed by atoms with E-state index in [-0.39, 0.29) is 61.2 Å². The van der Waals surface area contributed by atoms with E-state index in [0.717, 1.165) is 53.7 Å². The topological polar surface area (TPSA) is 193 Å². The third-order valence-electron chi connectivity index (χ3n) is 14.1. The summed E-state index contributed by atoms with van der Waals surface area (Å²) in [5, 5.41) is 29.5. The minimum absolute atomic E-state index is 0.00609. The summed E-state index contributed by atoms with van der Waals surface area (Å²) in [4.78, 5) is 70.9. The van der Waals surface area contributed by atoms with Gasteiger partial charge in [-0.15, -0.1) is 11.3 Å². The Morgan fingerprint density at radius 2 is 1.68 bits per heavy atom. The molecule has 368 valence electrons. The summed E-state index contributed by atoms with van der Waals surface area (Å²) >= 11 is 7.84. The molecule has 4 aromatic rings. The maximum absolute atomic E-state index is 14.2. The maximum atomic E-state index is 14.2. The van der Waals surface area contributed by atoms with Gasteiger partial charge in [-0.25, -0.2) is 9.97 Å². The Balaban J connectivity index is 0.850. The fourth-order valence-corrected chi connectivity index (χ4v) is 11.5. The largest absolute Gasteiger partial charge is 0.489 e. The number of aryl methyl sites for hydroxylation is 1. The molecule has 4 amide bonds. The molecule has 2 unspecified atom stereocenters. The second kappa shape index (κ2) is 20.8. The van der Waals surface area contributed by atoms with Crippen molar-refractivity contribution < 1.29 is 29.0 Å². The average Bonchev–Trinajstić information content (AvgIpc) is 3.93. The van der Waals surface area contributed by atoms with Crippen LogP contribution in [-0.2, 0) is 14.4 Å². The lowest BCUT2D eigenvalue weighted by Crippen LogP contribution is -2.74. The zero-order chi connectivity index (χ0) is 50.0. The lowest BCUT2D eigenvalue weighted by Gasteiger charge is -2.63. The molecule has 0 radical (unpaired) electrons. The molecule has 17 heteroatoms. The van der Waals surface area contributed by atoms with Gasteiger partial charge in [0.1, 0.15) is 35.8 Å². The molecular weight excluding hydrogens is 914 g/mol. The number of likely N-dealkylation sites (tertiary alicyclic amines) is 1. The summed E-state index contributed by atoms with van der Waals surface area (Å²) in [6.07, 6.45) is 1.47. The Hall–Kier alpha value is -5.60. The highest BCUT2D eigenvalue weighted by Crippen LogP contribution is 2.55. The van der Waals surface area contributed by atoms with Gasteiger partial charge in [-0.2, -0.15) is 5.26 Å². The number of halogens is 1. The number of benzene rings is 2. The highest BCUT2D eigenvalue weighted by atomic mass is 35.5. The number of aliphatic hydroxyl groups excluding tert-OH is 1. The first kappa shape index (κ1) is 51.3. The first-order valence-corrected chi connectivity index (χ1v) is 25.0. The number of aliphatic hydroxyl groups is 1. The fraction of sp³-hybridized carbons (Fsp3) is 0.519. The van der Waals surface area contributed by atoms with Crippen LogP contribution in [0, 0.1) is 34.5 Å². The van der Waals surface area contributed by atoms with Gasteiger partial charge in [0.15, 0.2) is 0 Å². The number of hydrogen-bond donors (Lipinski definition) is 4. The molecular formula is C52H66ClN9O6S. The molecule has 7 rings (SSSR count). The number of amides is 4. The van der Waals surface area contributed by atoms with Crippen LogP contribution in [0.4, 0.5) is 5.82 Å². The van der Waals surface area contributed by atoms with Crippen molar-refractivity contribution >= 4 is 52.4 Å². The normalized spacial score (nSPS) is 21.9. The zero-order valence-corrected chi connectivity index (χ0v) is 42.7. The first-order valence-electron chi connectivity index (χ1n) is 23.8. The third-order valence-corrected chi connectivity index (χ3v) is 15.4. The van der Waals surface area contributed by atoms with E-state index >= 15 is 0 Å². The van der Waals surface area contributed by atoms with Crippen molar-refractivity contribution in [2.24, 2.45) is 16.2 Å². The summed E-state index contributed by atoms with van der Waals surface area (Å²) in [5.41, 5.74) is 4.15. The maximum Gasteiger partial charge on any atom is 0.253 e. The van der Waals surface area contributed by atoms with Crippen molar-refractivity contribution in [1.29, 1.82) is 5.26 Å². The van der Waals surface area contributed by atoms with Gasteiger partial charge in [-0.3, -0.25) is 24.1 Å². The Kier molecular flexibility index (Phi) is 15.4. The van der Waals surface area contributed by atoms with Gasteiger partial charge in [-0.1, -0.05) is 84.3 Å². The number of pyridine rings is 1. The molecule has 3 aliphatic rings. The number of nitrogens with zero attached hydrogens (tertiary/aromatic N) is 6. The Labute approximate surface area is 415 Å². The number of nitriles is 1. The Morgan fingerprint density at radius 1 is 0.986 bits per heavy atom. The summed E-state index contributed by atoms with van der Waals surface area (Å²) < 4.78 is 6.37. The number of β-amino-alcohol motifs (C(OH)–C–C–N with tert-alkyl or cyclic N) is 1. The van der Waals surface area contributed by atoms with E-state index < -0.39 is 34.4 Å². The van der Waals surface area contributed by atoms with Crippen LogP contribution in [0.1, 0.15) is 108 Å². The van der Waals surface area contributed by atoms with Crippen LogP contribution in [-0.4, -0.2) is 118 Å². The average molecular weight is 981 g/mol. The molecule has 0 spiro atoms. The van der Waals surface area contributed by atoms with E-state index in [2.05, 4.69) is 69.5 Å². The van der Waals surface area contributed by atoms with E-state index in [9.17, 15) is 29.5 Å². The molecule has 1 aliphatic carbocycles. The predicted molar refractivity (Wildman–Crippen MR) is 268 cm³/mol. The summed E-state index contributed by atoms with van der Waals surface area (Å²) in [5.74, 6) is 0.172. The van der Waals surface area contributed by atoms with Crippen molar-refractivity contribution in [2.45, 2.75) is 118 Å². The SMILES string of the molecule is Cc1ncsc1-c1ccc([C@H](C)NC(=O)C2C[C@@H](O)CN2C(=O)C(NC(=O)CCCN2CCN(c3ccc(C(=O)NC4C(C)(C)C(Oc5ccc(C#N)c(Cl)c5)C4(C)C)cn3)CC2)C(C)(C)C)cc1. The second-order valence-electron chi connectivity index (χ2n) is 21.0. The molecule has 69 heavy (non-hydrogen) atoms. The number of nitrogens with one attached hydrogen (secondary N) is 3. The summed E-state index contributed by atoms with van der Waals surface area (Å²) in [6.45, 7) is 21.5. The minimum Gasteiger partial charge on any atom is -0.489 e. The fourth-order valence-electron chi connectivity index (χ4n) is 10.4. The van der Waals surface area contributed by atoms with Crippen molar-refractivity contribution in [3.05, 3.63) is 93.7 Å². The molecule has 0 bridgehead atoms. The number of rotatable bonds is 15. The number of thiazole rings is 1. The van der Waals surface area contributed by atoms with Crippen LogP contribution in [0.2, 0.25) is 5.02 Å². The number of ether oxygens (including phenoxy) is 1. The number of carbonyl (C=O) groups is 4. The van der Waals surface area contributed by atoms with Gasteiger partial charge < -0.3 is 35.6 Å². The summed E-state index contributed by atoms with van der Waals surface area (Å²) in [7, 11) is 0. The van der Waals surface area contributed by atoms with Crippen LogP contribution in [0.25, 0.3) is 10.4 Å². The molecule has 2 saturated heterocycles. The number of carbonyl (C=O) groups excluding carboxylic acids is 4. The second-order valence-corrected chi connectivity index (χ2v) is 22.3. The number of hydrogen-bond acceptors (Lipinski definition) is 12. The van der Waals surface area contributed by atoms with Gasteiger partial charge in [0, 0.05) is 74.7 Å². The highest BCUT2D eigenvalue weighted by Gasteiger charge is 2.64. The van der Waals surface area contributed by atoms with E-state index in [1.54, 1.807) is 41.8 Å². The number of anilines is 1. The van der Waals surface area contributed by atoms with Gasteiger partial charge >= 0.3 is 0 Å². The molecule has 2 aromatic carbocycles. The van der Waals surface area contributed by atoms with Crippen LogP contribution >= 0.6 is 22.9 Å². The molecule has 15 nitrogen and oxygen atoms in total. The van der Waals surface area contributed by atoms with Gasteiger partial charge in [0.05, 0.1) is 44.4 Å². The minimum atomic E-state index is -0.898. The van der Waals surface area contributed by atoms with Gasteiger partial charge in [0.25, 0.3) is 5.91 Å². The first-order chi connectivity index (χ1) is 32.6. The lowest BCUT2D eigenvalue weighted by atomic mass is 9.49. The molecule has 3 fully saturated rings. The number of piperazine rings is 1. The Morgan fingerprint density at radius 3 is 2.28 bits per heavy atom. The molecule has 4 heterocycles. The number of aromatic nitrogens is 2. The quantitative estimate of drug-likeness (QED) is 0.0967. The highest BCUT2D eigenvalue weighted by molar-refractivity contribution is 7.13. The van der Waals surface area contributed by atoms with Crippen LogP contribution in [0.5, 0.6) is 5.75 Å². The Bertz CT molecular complexity index is 2530. The lowest BCUT2D eigenvalue weighted by molar-refractivity contribution is -0.164. The monoisotopic (exact) mass is 979 g/mol. The van der Waals surface area contributed by atoms with Crippen LogP contribution in [0.3, 0.4) is 0 Å². The third kappa shape index (κ3) is 11.4. The van der Waals surface area contributed by atoms with Crippen molar-refractivity contribution in [1.82, 2.24) is 35.7 Å². The van der Waals surface area contributed by atoms with E-state index in [1.165, 1.54) is 4.90 Å². The summed E-state index contributed by atoms with van der Waals surface area (Å²) in [6, 6.07) is 16.5. The predicted octanol–water partition coefficient (Wildman–Crippen LogP) is 6.92.